The van der Waals surface area contributed by atoms with Crippen LogP contribution in [0.2, 0.25) is 10.0 Å². The van der Waals surface area contributed by atoms with Gasteiger partial charge in [0.25, 0.3) is 0 Å². The number of ether oxygens (including phenoxy) is 1. The second-order valence-electron chi connectivity index (χ2n) is 3.88. The van der Waals surface area contributed by atoms with E-state index in [0.29, 0.717) is 5.02 Å². The van der Waals surface area contributed by atoms with Crippen LogP contribution in [0.25, 0.3) is 0 Å². The topological polar surface area (TPSA) is 75.7 Å². The van der Waals surface area contributed by atoms with Crippen LogP contribution in [0.15, 0.2) is 18.2 Å². The van der Waals surface area contributed by atoms with E-state index < -0.39 is 16.2 Å². The van der Waals surface area contributed by atoms with Crippen LogP contribution in [0.1, 0.15) is 6.42 Å². The predicted octanol–water partition coefficient (Wildman–Crippen LogP) is 2.14. The third-order valence-electron chi connectivity index (χ3n) is 2.44. The molecule has 0 saturated heterocycles. The zero-order valence-electron chi connectivity index (χ0n) is 10.9. The van der Waals surface area contributed by atoms with E-state index in [9.17, 15) is 13.2 Å². The molecular weight excluding hydrogens is 327 g/mol. The van der Waals surface area contributed by atoms with Gasteiger partial charge in [0.2, 0.25) is 0 Å². The van der Waals surface area contributed by atoms with Gasteiger partial charge in [-0.05, 0) is 18.2 Å². The Bertz CT molecular complexity index is 592. The lowest BCUT2D eigenvalue weighted by atomic mass is 10.3. The highest BCUT2D eigenvalue weighted by Gasteiger charge is 2.19. The summed E-state index contributed by atoms with van der Waals surface area (Å²) in [5.41, 5.74) is 0.209. The molecular formula is C11H14Cl2N2O4S. The van der Waals surface area contributed by atoms with Gasteiger partial charge in [-0.15, -0.1) is 0 Å². The fraction of sp³-hybridized carbons (Fsp3) is 0.364. The van der Waals surface area contributed by atoms with Gasteiger partial charge >= 0.3 is 16.2 Å². The average Bonchev–Trinajstić information content (AvgIpc) is 2.38. The van der Waals surface area contributed by atoms with Crippen LogP contribution in [-0.4, -0.2) is 39.4 Å². The largest absolute Gasteiger partial charge is 0.469 e. The third kappa shape index (κ3) is 4.82. The summed E-state index contributed by atoms with van der Waals surface area (Å²) >= 11 is 11.6. The summed E-state index contributed by atoms with van der Waals surface area (Å²) in [5, 5.41) is 0.583. The molecule has 0 unspecified atom stereocenters. The van der Waals surface area contributed by atoms with E-state index >= 15 is 0 Å². The number of carbonyl (C=O) groups is 1. The van der Waals surface area contributed by atoms with Gasteiger partial charge in [0.05, 0.1) is 24.2 Å². The number of nitrogens with one attached hydrogen (secondary N) is 1. The Morgan fingerprint density at radius 2 is 2.05 bits per heavy atom. The number of benzene rings is 1. The number of carbonyl (C=O) groups excluding carboxylic acids is 1. The lowest BCUT2D eigenvalue weighted by Gasteiger charge is -2.18. The van der Waals surface area contributed by atoms with E-state index in [-0.39, 0.29) is 23.7 Å². The molecule has 0 bridgehead atoms. The molecule has 1 aromatic carbocycles. The number of halogens is 2. The van der Waals surface area contributed by atoms with E-state index in [1.165, 1.54) is 32.4 Å². The number of hydrogen-bond donors (Lipinski definition) is 1. The van der Waals surface area contributed by atoms with Gasteiger partial charge in [0.15, 0.2) is 0 Å². The standard InChI is InChI=1S/C11H14Cl2N2O4S/c1-15(6-5-11(16)19-2)20(17,18)14-10-4-3-8(12)7-9(10)13/h3-4,7,14H,5-6H2,1-2H3. The summed E-state index contributed by atoms with van der Waals surface area (Å²) in [5.74, 6) is -0.489. The molecule has 0 aliphatic rings. The summed E-state index contributed by atoms with van der Waals surface area (Å²) in [6, 6.07) is 4.39. The van der Waals surface area contributed by atoms with Gasteiger partial charge in [-0.1, -0.05) is 23.2 Å². The van der Waals surface area contributed by atoms with Crippen LogP contribution in [-0.2, 0) is 19.7 Å². The summed E-state index contributed by atoms with van der Waals surface area (Å²) in [7, 11) is -1.22. The van der Waals surface area contributed by atoms with Gasteiger partial charge in [-0.25, -0.2) is 0 Å². The van der Waals surface area contributed by atoms with Crippen molar-refractivity contribution >= 4 is 45.1 Å². The second-order valence-corrected chi connectivity index (χ2v) is 6.50. The van der Waals surface area contributed by atoms with Crippen molar-refractivity contribution in [2.75, 3.05) is 25.4 Å². The molecule has 0 amide bonds. The first-order valence-corrected chi connectivity index (χ1v) is 7.72. The van der Waals surface area contributed by atoms with E-state index in [2.05, 4.69) is 9.46 Å². The van der Waals surface area contributed by atoms with E-state index in [1.807, 2.05) is 0 Å². The molecule has 0 radical (unpaired) electrons. The summed E-state index contributed by atoms with van der Waals surface area (Å²) < 4.78 is 31.8. The number of esters is 1. The molecule has 0 aliphatic heterocycles. The maximum atomic E-state index is 12.0. The lowest BCUT2D eigenvalue weighted by molar-refractivity contribution is -0.140. The van der Waals surface area contributed by atoms with Crippen LogP contribution in [0.3, 0.4) is 0 Å². The van der Waals surface area contributed by atoms with Crippen molar-refractivity contribution in [2.45, 2.75) is 6.42 Å². The van der Waals surface area contributed by atoms with Crippen LogP contribution in [0, 0.1) is 0 Å². The number of methoxy groups -OCH3 is 1. The van der Waals surface area contributed by atoms with Gasteiger partial charge in [0, 0.05) is 18.6 Å². The summed E-state index contributed by atoms with van der Waals surface area (Å²) in [4.78, 5) is 11.0. The normalized spacial score (nSPS) is 11.4. The molecule has 0 saturated carbocycles. The van der Waals surface area contributed by atoms with Crippen LogP contribution in [0.4, 0.5) is 5.69 Å². The number of hydrogen-bond acceptors (Lipinski definition) is 4. The maximum Gasteiger partial charge on any atom is 0.306 e. The zero-order valence-corrected chi connectivity index (χ0v) is 13.2. The van der Waals surface area contributed by atoms with Crippen molar-refractivity contribution in [3.05, 3.63) is 28.2 Å². The Kier molecular flexibility index (Phi) is 6.07. The molecule has 0 spiro atoms. The lowest BCUT2D eigenvalue weighted by Crippen LogP contribution is -2.34. The molecule has 0 aliphatic carbocycles. The Morgan fingerprint density at radius 3 is 2.60 bits per heavy atom. The minimum atomic E-state index is -3.80. The number of nitrogens with zero attached hydrogens (tertiary/aromatic N) is 1. The van der Waals surface area contributed by atoms with Crippen molar-refractivity contribution in [2.24, 2.45) is 0 Å². The van der Waals surface area contributed by atoms with Crippen molar-refractivity contribution in [1.82, 2.24) is 4.31 Å². The molecule has 112 valence electrons. The Balaban J connectivity index is 2.76. The first-order valence-electron chi connectivity index (χ1n) is 5.52. The smallest absolute Gasteiger partial charge is 0.306 e. The van der Waals surface area contributed by atoms with Gasteiger partial charge in [-0.3, -0.25) is 9.52 Å². The minimum absolute atomic E-state index is 0.00673. The predicted molar refractivity (Wildman–Crippen MR) is 78.3 cm³/mol. The molecule has 0 heterocycles. The Labute approximate surface area is 127 Å². The Hall–Kier alpha value is -1.02. The highest BCUT2D eigenvalue weighted by molar-refractivity contribution is 7.90. The first kappa shape index (κ1) is 17.0. The number of anilines is 1. The SMILES string of the molecule is COC(=O)CCN(C)S(=O)(=O)Nc1ccc(Cl)cc1Cl. The monoisotopic (exact) mass is 340 g/mol. The fourth-order valence-electron chi connectivity index (χ4n) is 1.26. The first-order chi connectivity index (χ1) is 9.26. The van der Waals surface area contributed by atoms with Crippen molar-refractivity contribution < 1.29 is 17.9 Å². The molecule has 6 nitrogen and oxygen atoms in total. The molecule has 1 aromatic rings. The molecule has 9 heteroatoms. The highest BCUT2D eigenvalue weighted by atomic mass is 35.5. The number of rotatable bonds is 6. The van der Waals surface area contributed by atoms with E-state index in [1.54, 1.807) is 0 Å². The molecule has 0 atom stereocenters. The Morgan fingerprint density at radius 1 is 1.40 bits per heavy atom. The van der Waals surface area contributed by atoms with Crippen LogP contribution < -0.4 is 4.72 Å². The molecule has 1 N–H and O–H groups in total. The van der Waals surface area contributed by atoms with Gasteiger partial charge < -0.3 is 4.74 Å². The van der Waals surface area contributed by atoms with E-state index in [0.717, 1.165) is 4.31 Å². The minimum Gasteiger partial charge on any atom is -0.469 e. The zero-order chi connectivity index (χ0) is 15.3. The highest BCUT2D eigenvalue weighted by Crippen LogP contribution is 2.26. The van der Waals surface area contributed by atoms with Crippen molar-refractivity contribution in [3.8, 4) is 0 Å². The van der Waals surface area contributed by atoms with Crippen LogP contribution >= 0.6 is 23.2 Å². The fourth-order valence-corrected chi connectivity index (χ4v) is 2.72. The quantitative estimate of drug-likeness (QED) is 0.805. The molecule has 0 fully saturated rings. The molecule has 0 aromatic heterocycles. The van der Waals surface area contributed by atoms with Crippen molar-refractivity contribution in [1.29, 1.82) is 0 Å². The average molecular weight is 341 g/mol. The van der Waals surface area contributed by atoms with Gasteiger partial charge in [0.1, 0.15) is 0 Å². The summed E-state index contributed by atoms with van der Waals surface area (Å²) in [6.07, 6.45) is -0.0394. The van der Waals surface area contributed by atoms with E-state index in [4.69, 9.17) is 23.2 Å². The molecule has 1 rings (SSSR count). The van der Waals surface area contributed by atoms with Gasteiger partial charge in [-0.2, -0.15) is 12.7 Å². The maximum absolute atomic E-state index is 12.0. The van der Waals surface area contributed by atoms with Crippen LogP contribution in [0.5, 0.6) is 0 Å². The molecule has 20 heavy (non-hydrogen) atoms. The third-order valence-corrected chi connectivity index (χ3v) is 4.47. The second kappa shape index (κ2) is 7.12. The van der Waals surface area contributed by atoms with Crippen molar-refractivity contribution in [3.63, 3.8) is 0 Å². The summed E-state index contributed by atoms with van der Waals surface area (Å²) in [6.45, 7) is -0.00673.